The van der Waals surface area contributed by atoms with Gasteiger partial charge in [-0.15, -0.1) is 0 Å². The third-order valence-corrected chi connectivity index (χ3v) is 5.31. The van der Waals surface area contributed by atoms with Gasteiger partial charge in [0.25, 0.3) is 0 Å². The molecule has 3 rings (SSSR count). The zero-order valence-corrected chi connectivity index (χ0v) is 11.4. The molecule has 1 saturated heterocycles. The lowest BCUT2D eigenvalue weighted by molar-refractivity contribution is 0.524. The fourth-order valence-electron chi connectivity index (χ4n) is 2.53. The summed E-state index contributed by atoms with van der Waals surface area (Å²) in [5.74, 6) is 0.594. The maximum absolute atomic E-state index is 11.4. The molecule has 19 heavy (non-hydrogen) atoms. The minimum Gasteiger partial charge on any atom is -0.329 e. The molecule has 0 amide bonds. The first kappa shape index (κ1) is 12.6. The van der Waals surface area contributed by atoms with Crippen molar-refractivity contribution in [2.75, 3.05) is 18.1 Å². The van der Waals surface area contributed by atoms with E-state index in [1.54, 1.807) is 0 Å². The minimum absolute atomic E-state index is 0.111. The van der Waals surface area contributed by atoms with Crippen LogP contribution in [0.4, 0.5) is 0 Å². The minimum atomic E-state index is -2.80. The van der Waals surface area contributed by atoms with Gasteiger partial charge in [0.05, 0.1) is 28.9 Å². The highest BCUT2D eigenvalue weighted by Gasteiger charge is 2.26. The Bertz CT molecular complexity index is 678. The van der Waals surface area contributed by atoms with E-state index in [1.165, 1.54) is 0 Å². The maximum atomic E-state index is 11.4. The van der Waals surface area contributed by atoms with Gasteiger partial charge >= 0.3 is 0 Å². The predicted molar refractivity (Wildman–Crippen MR) is 74.8 cm³/mol. The average molecular weight is 279 g/mol. The summed E-state index contributed by atoms with van der Waals surface area (Å²) in [5.41, 5.74) is 2.11. The Morgan fingerprint density at radius 3 is 3.00 bits per heavy atom. The fourth-order valence-corrected chi connectivity index (χ4v) is 4.24. The smallest absolute Gasteiger partial charge is 0.151 e. The summed E-state index contributed by atoms with van der Waals surface area (Å²) in [6.07, 6.45) is 2.56. The van der Waals surface area contributed by atoms with Crippen molar-refractivity contribution in [3.63, 3.8) is 0 Å². The van der Waals surface area contributed by atoms with Crippen LogP contribution in [0.1, 0.15) is 6.42 Å². The molecule has 102 valence electrons. The summed E-state index contributed by atoms with van der Waals surface area (Å²) in [5, 5.41) is 3.31. The van der Waals surface area contributed by atoms with Gasteiger partial charge in [0.1, 0.15) is 0 Å². The molecule has 0 spiro atoms. The van der Waals surface area contributed by atoms with Crippen molar-refractivity contribution in [1.29, 1.82) is 0 Å². The van der Waals surface area contributed by atoms with E-state index in [-0.39, 0.29) is 11.8 Å². The van der Waals surface area contributed by atoms with E-state index in [1.807, 2.05) is 30.6 Å². The molecule has 1 aliphatic heterocycles. The Morgan fingerprint density at radius 1 is 1.37 bits per heavy atom. The topological polar surface area (TPSA) is 64.0 Å². The molecular weight excluding hydrogens is 262 g/mol. The molecule has 0 bridgehead atoms. The van der Waals surface area contributed by atoms with Crippen molar-refractivity contribution >= 4 is 20.9 Å². The molecule has 1 atom stereocenters. The van der Waals surface area contributed by atoms with Gasteiger partial charge < -0.3 is 9.88 Å². The average Bonchev–Trinajstić information content (AvgIpc) is 2.94. The predicted octanol–water partition coefficient (Wildman–Crippen LogP) is 0.813. The molecule has 6 heteroatoms. The Hall–Kier alpha value is -1.40. The summed E-state index contributed by atoms with van der Waals surface area (Å²) in [4.78, 5) is 4.33. The summed E-state index contributed by atoms with van der Waals surface area (Å²) >= 11 is 0. The lowest BCUT2D eigenvalue weighted by Crippen LogP contribution is -2.32. The summed E-state index contributed by atoms with van der Waals surface area (Å²) in [6, 6.07) is 8.11. The van der Waals surface area contributed by atoms with Crippen LogP contribution in [0.15, 0.2) is 30.6 Å². The van der Waals surface area contributed by atoms with Crippen molar-refractivity contribution in [1.82, 2.24) is 14.9 Å². The third kappa shape index (κ3) is 2.79. The highest BCUT2D eigenvalue weighted by Crippen LogP contribution is 2.12. The molecule has 5 nitrogen and oxygen atoms in total. The highest BCUT2D eigenvalue weighted by atomic mass is 32.2. The Balaban J connectivity index is 1.58. The number of para-hydroxylation sites is 2. The summed E-state index contributed by atoms with van der Waals surface area (Å²) in [7, 11) is -2.80. The SMILES string of the molecule is O=S1(=O)CCC(NCCn2cnc3ccccc32)C1. The van der Waals surface area contributed by atoms with E-state index in [4.69, 9.17) is 0 Å². The number of nitrogens with one attached hydrogen (secondary N) is 1. The molecule has 0 radical (unpaired) electrons. The second-order valence-corrected chi connectivity index (χ2v) is 7.21. The molecule has 1 aliphatic rings. The molecule has 2 heterocycles. The second-order valence-electron chi connectivity index (χ2n) is 4.98. The lowest BCUT2D eigenvalue weighted by Gasteiger charge is -2.11. The van der Waals surface area contributed by atoms with Crippen LogP contribution in [-0.2, 0) is 16.4 Å². The molecule has 2 aromatic rings. The van der Waals surface area contributed by atoms with Crippen molar-refractivity contribution in [2.45, 2.75) is 19.0 Å². The number of nitrogens with zero attached hydrogens (tertiary/aromatic N) is 2. The van der Waals surface area contributed by atoms with Crippen molar-refractivity contribution in [2.24, 2.45) is 0 Å². The molecular formula is C13H17N3O2S. The van der Waals surface area contributed by atoms with E-state index in [9.17, 15) is 8.42 Å². The van der Waals surface area contributed by atoms with Gasteiger partial charge in [-0.2, -0.15) is 0 Å². The van der Waals surface area contributed by atoms with Gasteiger partial charge in [-0.3, -0.25) is 0 Å². The second kappa shape index (κ2) is 4.94. The van der Waals surface area contributed by atoms with E-state index >= 15 is 0 Å². The van der Waals surface area contributed by atoms with Crippen molar-refractivity contribution in [3.8, 4) is 0 Å². The van der Waals surface area contributed by atoms with Gasteiger partial charge in [-0.05, 0) is 18.6 Å². The van der Waals surface area contributed by atoms with Crippen molar-refractivity contribution < 1.29 is 8.42 Å². The standard InChI is InChI=1S/C13H17N3O2S/c17-19(18)8-5-11(9-19)14-6-7-16-10-15-12-3-1-2-4-13(12)16/h1-4,10-11,14H,5-9H2. The molecule has 1 fully saturated rings. The highest BCUT2D eigenvalue weighted by molar-refractivity contribution is 7.91. The summed E-state index contributed by atoms with van der Waals surface area (Å²) < 4.78 is 24.8. The normalized spacial score (nSPS) is 22.0. The van der Waals surface area contributed by atoms with Crippen LogP contribution < -0.4 is 5.32 Å². The van der Waals surface area contributed by atoms with Crippen LogP contribution in [0, 0.1) is 0 Å². The summed E-state index contributed by atoms with van der Waals surface area (Å²) in [6.45, 7) is 1.57. The van der Waals surface area contributed by atoms with Gasteiger partial charge in [0.15, 0.2) is 9.84 Å². The molecule has 0 saturated carbocycles. The van der Waals surface area contributed by atoms with E-state index in [0.29, 0.717) is 5.75 Å². The lowest BCUT2D eigenvalue weighted by atomic mass is 10.2. The van der Waals surface area contributed by atoms with Crippen molar-refractivity contribution in [3.05, 3.63) is 30.6 Å². The number of hydrogen-bond donors (Lipinski definition) is 1. The number of benzene rings is 1. The number of aromatic nitrogens is 2. The monoisotopic (exact) mass is 279 g/mol. The van der Waals surface area contributed by atoms with Crippen LogP contribution in [0.2, 0.25) is 0 Å². The van der Waals surface area contributed by atoms with E-state index in [2.05, 4.69) is 14.9 Å². The molecule has 1 N–H and O–H groups in total. The van der Waals surface area contributed by atoms with Crippen LogP contribution >= 0.6 is 0 Å². The fraction of sp³-hybridized carbons (Fsp3) is 0.462. The number of imidazole rings is 1. The number of hydrogen-bond acceptors (Lipinski definition) is 4. The molecule has 1 unspecified atom stereocenters. The number of sulfone groups is 1. The maximum Gasteiger partial charge on any atom is 0.151 e. The molecule has 1 aromatic heterocycles. The van der Waals surface area contributed by atoms with Gasteiger partial charge in [0, 0.05) is 19.1 Å². The molecule has 0 aliphatic carbocycles. The Kier molecular flexibility index (Phi) is 3.28. The van der Waals surface area contributed by atoms with Crippen LogP contribution in [-0.4, -0.2) is 42.1 Å². The van der Waals surface area contributed by atoms with Gasteiger partial charge in [-0.1, -0.05) is 12.1 Å². The van der Waals surface area contributed by atoms with Gasteiger partial charge in [-0.25, -0.2) is 13.4 Å². The Morgan fingerprint density at radius 2 is 2.21 bits per heavy atom. The number of fused-ring (bicyclic) bond motifs is 1. The van der Waals surface area contributed by atoms with E-state index < -0.39 is 9.84 Å². The zero-order valence-electron chi connectivity index (χ0n) is 10.6. The number of rotatable bonds is 4. The Labute approximate surface area is 112 Å². The first-order chi connectivity index (χ1) is 9.14. The quantitative estimate of drug-likeness (QED) is 0.899. The first-order valence-electron chi connectivity index (χ1n) is 6.48. The van der Waals surface area contributed by atoms with Crippen LogP contribution in [0.3, 0.4) is 0 Å². The van der Waals surface area contributed by atoms with Gasteiger partial charge in [0.2, 0.25) is 0 Å². The zero-order chi connectivity index (χ0) is 13.3. The largest absolute Gasteiger partial charge is 0.329 e. The first-order valence-corrected chi connectivity index (χ1v) is 8.30. The van der Waals surface area contributed by atoms with Crippen LogP contribution in [0.5, 0.6) is 0 Å². The third-order valence-electron chi connectivity index (χ3n) is 3.55. The van der Waals surface area contributed by atoms with E-state index in [0.717, 1.165) is 30.5 Å². The molecule has 1 aromatic carbocycles. The van der Waals surface area contributed by atoms with Crippen LogP contribution in [0.25, 0.3) is 11.0 Å².